The number of nitriles is 1. The van der Waals surface area contributed by atoms with Gasteiger partial charge in [0.2, 0.25) is 0 Å². The van der Waals surface area contributed by atoms with Crippen LogP contribution in [-0.4, -0.2) is 9.97 Å². The number of hydrogen-bond acceptors (Lipinski definition) is 3. The Balaban J connectivity index is 2.52. The van der Waals surface area contributed by atoms with Crippen molar-refractivity contribution in [3.63, 3.8) is 0 Å². The first-order chi connectivity index (χ1) is 6.18. The van der Waals surface area contributed by atoms with E-state index >= 15 is 0 Å². The highest BCUT2D eigenvalue weighted by Crippen LogP contribution is 2.47. The highest BCUT2D eigenvalue weighted by atomic mass is 14.8. The van der Waals surface area contributed by atoms with Gasteiger partial charge < -0.3 is 0 Å². The van der Waals surface area contributed by atoms with E-state index in [1.165, 1.54) is 0 Å². The Labute approximate surface area is 77.4 Å². The van der Waals surface area contributed by atoms with Gasteiger partial charge in [-0.3, -0.25) is 9.97 Å². The molecule has 1 fully saturated rings. The molecule has 0 aromatic carbocycles. The van der Waals surface area contributed by atoms with Gasteiger partial charge in [-0.15, -0.1) is 0 Å². The Morgan fingerprint density at radius 1 is 1.46 bits per heavy atom. The van der Waals surface area contributed by atoms with Crippen LogP contribution in [0.5, 0.6) is 0 Å². The molecule has 0 aliphatic heterocycles. The fourth-order valence-electron chi connectivity index (χ4n) is 1.52. The molecule has 0 saturated heterocycles. The van der Waals surface area contributed by atoms with Crippen LogP contribution in [-0.2, 0) is 5.41 Å². The molecule has 13 heavy (non-hydrogen) atoms. The Morgan fingerprint density at radius 3 is 2.69 bits per heavy atom. The van der Waals surface area contributed by atoms with E-state index in [1.54, 1.807) is 6.20 Å². The quantitative estimate of drug-likeness (QED) is 0.648. The Morgan fingerprint density at radius 2 is 2.15 bits per heavy atom. The zero-order valence-corrected chi connectivity index (χ0v) is 7.83. The molecule has 0 spiro atoms. The van der Waals surface area contributed by atoms with Gasteiger partial charge in [0.05, 0.1) is 23.2 Å². The predicted octanol–water partition coefficient (Wildman–Crippen LogP) is 1.65. The molecule has 0 radical (unpaired) electrons. The third kappa shape index (κ3) is 1.19. The molecule has 1 saturated carbocycles. The van der Waals surface area contributed by atoms with Crippen LogP contribution in [0.1, 0.15) is 29.9 Å². The molecule has 0 atom stereocenters. The monoisotopic (exact) mass is 173 g/mol. The Bertz CT molecular complexity index is 386. The summed E-state index contributed by atoms with van der Waals surface area (Å²) in [6.07, 6.45) is 3.61. The number of aryl methyl sites for hydroxylation is 2. The van der Waals surface area contributed by atoms with E-state index in [0.29, 0.717) is 0 Å². The topological polar surface area (TPSA) is 49.6 Å². The maximum absolute atomic E-state index is 9.01. The lowest BCUT2D eigenvalue weighted by Gasteiger charge is -2.08. The molecule has 66 valence electrons. The Kier molecular flexibility index (Phi) is 1.59. The van der Waals surface area contributed by atoms with Crippen LogP contribution >= 0.6 is 0 Å². The predicted molar refractivity (Wildman–Crippen MR) is 48.0 cm³/mol. The first kappa shape index (κ1) is 8.18. The van der Waals surface area contributed by atoms with E-state index in [-0.39, 0.29) is 5.41 Å². The van der Waals surface area contributed by atoms with E-state index in [9.17, 15) is 0 Å². The fourth-order valence-corrected chi connectivity index (χ4v) is 1.52. The minimum absolute atomic E-state index is 0.302. The molecule has 3 nitrogen and oxygen atoms in total. The maximum atomic E-state index is 9.01. The number of nitrogens with zero attached hydrogens (tertiary/aromatic N) is 3. The molecule has 0 bridgehead atoms. The summed E-state index contributed by atoms with van der Waals surface area (Å²) in [4.78, 5) is 8.61. The van der Waals surface area contributed by atoms with Gasteiger partial charge in [-0.2, -0.15) is 5.26 Å². The summed E-state index contributed by atoms with van der Waals surface area (Å²) in [6, 6.07) is 2.33. The summed E-state index contributed by atoms with van der Waals surface area (Å²) in [5.41, 5.74) is 2.37. The van der Waals surface area contributed by atoms with Crippen molar-refractivity contribution in [2.45, 2.75) is 32.1 Å². The van der Waals surface area contributed by atoms with Crippen molar-refractivity contribution in [1.29, 1.82) is 5.26 Å². The van der Waals surface area contributed by atoms with E-state index in [0.717, 1.165) is 29.9 Å². The average Bonchev–Trinajstić information content (AvgIpc) is 2.90. The lowest BCUT2D eigenvalue weighted by atomic mass is 10.0. The molecule has 1 aromatic rings. The lowest BCUT2D eigenvalue weighted by Crippen LogP contribution is -2.10. The van der Waals surface area contributed by atoms with Crippen molar-refractivity contribution in [3.05, 3.63) is 23.3 Å². The van der Waals surface area contributed by atoms with Gasteiger partial charge in [-0.25, -0.2) is 0 Å². The molecule has 0 amide bonds. The lowest BCUT2D eigenvalue weighted by molar-refractivity contribution is 0.808. The smallest absolute Gasteiger partial charge is 0.101 e. The van der Waals surface area contributed by atoms with Crippen molar-refractivity contribution in [3.8, 4) is 6.07 Å². The molecule has 3 heteroatoms. The van der Waals surface area contributed by atoms with Crippen LogP contribution in [0.4, 0.5) is 0 Å². The zero-order valence-electron chi connectivity index (χ0n) is 7.83. The largest absolute Gasteiger partial charge is 0.258 e. The van der Waals surface area contributed by atoms with Crippen molar-refractivity contribution >= 4 is 0 Å². The van der Waals surface area contributed by atoms with Gasteiger partial charge in [-0.05, 0) is 26.7 Å². The summed E-state index contributed by atoms with van der Waals surface area (Å²) in [5.74, 6) is 0. The Hall–Kier alpha value is -1.43. The normalized spacial score (nSPS) is 17.9. The van der Waals surface area contributed by atoms with Gasteiger partial charge in [0, 0.05) is 6.20 Å². The minimum Gasteiger partial charge on any atom is -0.258 e. The molecule has 1 heterocycles. The van der Waals surface area contributed by atoms with Crippen molar-refractivity contribution in [2.75, 3.05) is 0 Å². The summed E-state index contributed by atoms with van der Waals surface area (Å²) >= 11 is 0. The number of hydrogen-bond donors (Lipinski definition) is 0. The molecule has 1 aliphatic carbocycles. The minimum atomic E-state index is -0.302. The molecule has 0 N–H and O–H groups in total. The van der Waals surface area contributed by atoms with Gasteiger partial charge in [-0.1, -0.05) is 0 Å². The standard InChI is InChI=1S/C10H11N3/c1-7-5-12-8(2)9(13-7)10(6-11)3-4-10/h5H,3-4H2,1-2H3. The molecule has 1 aliphatic rings. The summed E-state index contributed by atoms with van der Waals surface area (Å²) in [7, 11) is 0. The average molecular weight is 173 g/mol. The van der Waals surface area contributed by atoms with E-state index in [2.05, 4.69) is 16.0 Å². The fraction of sp³-hybridized carbons (Fsp3) is 0.500. The molecule has 2 rings (SSSR count). The molecule has 0 unspecified atom stereocenters. The SMILES string of the molecule is Cc1cnc(C)c(C2(C#N)CC2)n1. The third-order valence-corrected chi connectivity index (χ3v) is 2.49. The maximum Gasteiger partial charge on any atom is 0.101 e. The van der Waals surface area contributed by atoms with Crippen molar-refractivity contribution < 1.29 is 0 Å². The van der Waals surface area contributed by atoms with Crippen molar-refractivity contribution in [1.82, 2.24) is 9.97 Å². The second kappa shape index (κ2) is 2.53. The van der Waals surface area contributed by atoms with Gasteiger partial charge in [0.15, 0.2) is 0 Å². The number of aromatic nitrogens is 2. The summed E-state index contributed by atoms with van der Waals surface area (Å²) in [6.45, 7) is 3.82. The second-order valence-electron chi connectivity index (χ2n) is 3.64. The van der Waals surface area contributed by atoms with Crippen LogP contribution in [0.25, 0.3) is 0 Å². The first-order valence-corrected chi connectivity index (χ1v) is 4.40. The van der Waals surface area contributed by atoms with Crippen LogP contribution in [0.3, 0.4) is 0 Å². The summed E-state index contributed by atoms with van der Waals surface area (Å²) in [5, 5.41) is 9.01. The van der Waals surface area contributed by atoms with Crippen LogP contribution in [0.2, 0.25) is 0 Å². The summed E-state index contributed by atoms with van der Waals surface area (Å²) < 4.78 is 0. The van der Waals surface area contributed by atoms with Crippen molar-refractivity contribution in [2.24, 2.45) is 0 Å². The molecular formula is C10H11N3. The van der Waals surface area contributed by atoms with Crippen LogP contribution in [0, 0.1) is 25.2 Å². The van der Waals surface area contributed by atoms with E-state index in [1.807, 2.05) is 13.8 Å². The van der Waals surface area contributed by atoms with Gasteiger partial charge >= 0.3 is 0 Å². The van der Waals surface area contributed by atoms with Gasteiger partial charge in [0.25, 0.3) is 0 Å². The van der Waals surface area contributed by atoms with E-state index in [4.69, 9.17) is 5.26 Å². The molecule has 1 aromatic heterocycles. The third-order valence-electron chi connectivity index (χ3n) is 2.49. The second-order valence-corrected chi connectivity index (χ2v) is 3.64. The zero-order chi connectivity index (χ0) is 9.47. The van der Waals surface area contributed by atoms with Gasteiger partial charge in [0.1, 0.15) is 5.41 Å². The first-order valence-electron chi connectivity index (χ1n) is 4.40. The van der Waals surface area contributed by atoms with Crippen LogP contribution < -0.4 is 0 Å². The highest BCUT2D eigenvalue weighted by Gasteiger charge is 2.47. The molecular weight excluding hydrogens is 162 g/mol. The van der Waals surface area contributed by atoms with Crippen LogP contribution in [0.15, 0.2) is 6.20 Å². The highest BCUT2D eigenvalue weighted by molar-refractivity contribution is 5.36. The number of rotatable bonds is 1. The van der Waals surface area contributed by atoms with E-state index < -0.39 is 0 Å².